The van der Waals surface area contributed by atoms with Crippen LogP contribution in [0.4, 0.5) is 0 Å². The maximum absolute atomic E-state index is 11.7. The average Bonchev–Trinajstić information content (AvgIpc) is 2.04. The van der Waals surface area contributed by atoms with Gasteiger partial charge in [-0.05, 0) is 26.2 Å². The quantitative estimate of drug-likeness (QED) is 0.618. The van der Waals surface area contributed by atoms with Gasteiger partial charge in [0.15, 0.2) is 5.78 Å². The molecule has 0 spiro atoms. The molecule has 1 fully saturated rings. The van der Waals surface area contributed by atoms with Gasteiger partial charge in [0.05, 0.1) is 0 Å². The Morgan fingerprint density at radius 3 is 2.62 bits per heavy atom. The van der Waals surface area contributed by atoms with Crippen LogP contribution in [0, 0.1) is 11.8 Å². The summed E-state index contributed by atoms with van der Waals surface area (Å²) in [4.78, 5) is 11.7. The van der Waals surface area contributed by atoms with Gasteiger partial charge >= 0.3 is 0 Å². The summed E-state index contributed by atoms with van der Waals surface area (Å²) in [7, 11) is 1.63. The Kier molecular flexibility index (Phi) is 3.50. The van der Waals surface area contributed by atoms with Crippen LogP contribution in [0.2, 0.25) is 0 Å². The highest BCUT2D eigenvalue weighted by Crippen LogP contribution is 2.36. The van der Waals surface area contributed by atoms with Gasteiger partial charge < -0.3 is 4.74 Å². The van der Waals surface area contributed by atoms with E-state index in [2.05, 4.69) is 11.8 Å². The summed E-state index contributed by atoms with van der Waals surface area (Å²) in [6.45, 7) is 1.79. The Morgan fingerprint density at radius 1 is 1.54 bits per heavy atom. The molecule has 0 amide bonds. The SMILES string of the molecule is CC#CCCC(=O)C1(OC)CCC1. The van der Waals surface area contributed by atoms with Gasteiger partial charge in [-0.1, -0.05) is 0 Å². The number of rotatable bonds is 4. The van der Waals surface area contributed by atoms with Gasteiger partial charge in [-0.15, -0.1) is 11.8 Å². The Labute approximate surface area is 79.7 Å². The summed E-state index contributed by atoms with van der Waals surface area (Å²) in [5.41, 5.74) is -0.435. The van der Waals surface area contributed by atoms with Crippen LogP contribution in [-0.4, -0.2) is 18.5 Å². The smallest absolute Gasteiger partial charge is 0.165 e. The summed E-state index contributed by atoms with van der Waals surface area (Å²) in [6, 6.07) is 0. The summed E-state index contributed by atoms with van der Waals surface area (Å²) in [5, 5.41) is 0. The number of carbonyl (C=O) groups excluding carboxylic acids is 1. The van der Waals surface area contributed by atoms with E-state index in [1.807, 2.05) is 0 Å². The van der Waals surface area contributed by atoms with Crippen LogP contribution in [-0.2, 0) is 9.53 Å². The summed E-state index contributed by atoms with van der Waals surface area (Å²) in [6.07, 6.45) is 4.10. The first-order chi connectivity index (χ1) is 6.25. The van der Waals surface area contributed by atoms with E-state index >= 15 is 0 Å². The van der Waals surface area contributed by atoms with Crippen molar-refractivity contribution >= 4 is 5.78 Å². The fourth-order valence-corrected chi connectivity index (χ4v) is 1.62. The summed E-state index contributed by atoms with van der Waals surface area (Å²) in [5.74, 6) is 5.91. The number of ether oxygens (including phenoxy) is 1. The molecule has 13 heavy (non-hydrogen) atoms. The van der Waals surface area contributed by atoms with Crippen molar-refractivity contribution in [2.75, 3.05) is 7.11 Å². The van der Waals surface area contributed by atoms with Gasteiger partial charge in [-0.25, -0.2) is 0 Å². The first kappa shape index (κ1) is 10.3. The number of ketones is 1. The fraction of sp³-hybridized carbons (Fsp3) is 0.727. The molecule has 2 heteroatoms. The lowest BCUT2D eigenvalue weighted by molar-refractivity contribution is -0.151. The molecule has 72 valence electrons. The van der Waals surface area contributed by atoms with Crippen molar-refractivity contribution in [2.24, 2.45) is 0 Å². The molecule has 0 aromatic heterocycles. The molecular formula is C11H16O2. The van der Waals surface area contributed by atoms with Crippen molar-refractivity contribution in [3.05, 3.63) is 0 Å². The molecule has 0 aliphatic heterocycles. The molecule has 0 aromatic carbocycles. The molecular weight excluding hydrogens is 164 g/mol. The predicted octanol–water partition coefficient (Wildman–Crippen LogP) is 1.93. The van der Waals surface area contributed by atoms with Crippen LogP contribution in [0.25, 0.3) is 0 Å². The predicted molar refractivity (Wildman–Crippen MR) is 51.3 cm³/mol. The van der Waals surface area contributed by atoms with Gasteiger partial charge in [-0.3, -0.25) is 4.79 Å². The lowest BCUT2D eigenvalue weighted by atomic mass is 9.75. The van der Waals surface area contributed by atoms with E-state index in [0.717, 1.165) is 19.3 Å². The highest BCUT2D eigenvalue weighted by atomic mass is 16.5. The lowest BCUT2D eigenvalue weighted by Gasteiger charge is -2.38. The second-order valence-electron chi connectivity index (χ2n) is 3.40. The molecule has 0 unspecified atom stereocenters. The number of carbonyl (C=O) groups is 1. The number of hydrogen-bond acceptors (Lipinski definition) is 2. The topological polar surface area (TPSA) is 26.3 Å². The highest BCUT2D eigenvalue weighted by molar-refractivity contribution is 5.88. The molecule has 1 aliphatic carbocycles. The Hall–Kier alpha value is -0.810. The fourth-order valence-electron chi connectivity index (χ4n) is 1.62. The van der Waals surface area contributed by atoms with Crippen LogP contribution >= 0.6 is 0 Å². The van der Waals surface area contributed by atoms with Crippen molar-refractivity contribution in [1.29, 1.82) is 0 Å². The zero-order valence-electron chi connectivity index (χ0n) is 8.35. The Morgan fingerprint density at radius 2 is 2.23 bits per heavy atom. The van der Waals surface area contributed by atoms with Crippen molar-refractivity contribution < 1.29 is 9.53 Å². The number of methoxy groups -OCH3 is 1. The minimum absolute atomic E-state index is 0.226. The second-order valence-corrected chi connectivity index (χ2v) is 3.40. The first-order valence-corrected chi connectivity index (χ1v) is 4.73. The van der Waals surface area contributed by atoms with Gasteiger partial charge in [-0.2, -0.15) is 0 Å². The monoisotopic (exact) mass is 180 g/mol. The molecule has 0 saturated heterocycles. The van der Waals surface area contributed by atoms with Crippen molar-refractivity contribution in [3.63, 3.8) is 0 Å². The zero-order chi connectivity index (χ0) is 9.73. The van der Waals surface area contributed by atoms with E-state index in [1.54, 1.807) is 14.0 Å². The molecule has 1 saturated carbocycles. The van der Waals surface area contributed by atoms with Crippen LogP contribution in [0.3, 0.4) is 0 Å². The highest BCUT2D eigenvalue weighted by Gasteiger charge is 2.43. The Bertz CT molecular complexity index is 235. The van der Waals surface area contributed by atoms with Crippen LogP contribution in [0.1, 0.15) is 39.0 Å². The van der Waals surface area contributed by atoms with Gasteiger partial charge in [0, 0.05) is 20.0 Å². The molecule has 1 rings (SSSR count). The third-order valence-corrected chi connectivity index (χ3v) is 2.71. The van der Waals surface area contributed by atoms with E-state index in [9.17, 15) is 4.79 Å². The second kappa shape index (κ2) is 4.43. The molecule has 0 radical (unpaired) electrons. The van der Waals surface area contributed by atoms with E-state index in [0.29, 0.717) is 12.8 Å². The van der Waals surface area contributed by atoms with Crippen molar-refractivity contribution in [2.45, 2.75) is 44.6 Å². The molecule has 0 bridgehead atoms. The third kappa shape index (κ3) is 2.10. The third-order valence-electron chi connectivity index (χ3n) is 2.71. The molecule has 0 heterocycles. The average molecular weight is 180 g/mol. The van der Waals surface area contributed by atoms with Crippen molar-refractivity contribution in [1.82, 2.24) is 0 Å². The molecule has 0 atom stereocenters. The van der Waals surface area contributed by atoms with Gasteiger partial charge in [0.2, 0.25) is 0 Å². The van der Waals surface area contributed by atoms with Gasteiger partial charge in [0.25, 0.3) is 0 Å². The van der Waals surface area contributed by atoms with E-state index in [-0.39, 0.29) is 5.78 Å². The van der Waals surface area contributed by atoms with Crippen LogP contribution in [0.5, 0.6) is 0 Å². The standard InChI is InChI=1S/C11H16O2/c1-3-4-5-7-10(12)11(13-2)8-6-9-11/h5-9H2,1-2H3. The maximum atomic E-state index is 11.7. The Balaban J connectivity index is 2.40. The molecule has 0 N–H and O–H groups in total. The number of hydrogen-bond donors (Lipinski definition) is 0. The molecule has 0 aromatic rings. The van der Waals surface area contributed by atoms with Crippen LogP contribution in [0.15, 0.2) is 0 Å². The normalized spacial score (nSPS) is 18.3. The van der Waals surface area contributed by atoms with Crippen molar-refractivity contribution in [3.8, 4) is 11.8 Å². The maximum Gasteiger partial charge on any atom is 0.165 e. The zero-order valence-corrected chi connectivity index (χ0v) is 8.35. The van der Waals surface area contributed by atoms with Crippen LogP contribution < -0.4 is 0 Å². The van der Waals surface area contributed by atoms with Gasteiger partial charge in [0.1, 0.15) is 5.60 Å². The molecule has 2 nitrogen and oxygen atoms in total. The lowest BCUT2D eigenvalue weighted by Crippen LogP contribution is -2.46. The minimum atomic E-state index is -0.435. The molecule has 1 aliphatic rings. The minimum Gasteiger partial charge on any atom is -0.370 e. The van der Waals surface area contributed by atoms with E-state index in [4.69, 9.17) is 4.74 Å². The largest absolute Gasteiger partial charge is 0.370 e. The summed E-state index contributed by atoms with van der Waals surface area (Å²) < 4.78 is 5.27. The number of Topliss-reactive ketones (excluding diaryl/α,β-unsaturated/α-hetero) is 1. The first-order valence-electron chi connectivity index (χ1n) is 4.73. The van der Waals surface area contributed by atoms with E-state index in [1.165, 1.54) is 0 Å². The van der Waals surface area contributed by atoms with E-state index < -0.39 is 5.60 Å². The summed E-state index contributed by atoms with van der Waals surface area (Å²) >= 11 is 0.